The zero-order valence-electron chi connectivity index (χ0n) is 11.5. The second-order valence-corrected chi connectivity index (χ2v) is 5.02. The number of nitrogens with one attached hydrogen (secondary N) is 1. The van der Waals surface area contributed by atoms with Crippen molar-refractivity contribution in [2.75, 3.05) is 6.61 Å². The van der Waals surface area contributed by atoms with Crippen molar-refractivity contribution in [1.82, 2.24) is 5.32 Å². The van der Waals surface area contributed by atoms with E-state index in [1.165, 1.54) is 16.7 Å². The van der Waals surface area contributed by atoms with Crippen LogP contribution < -0.4 is 5.32 Å². The molecule has 2 unspecified atom stereocenters. The molecule has 0 bridgehead atoms. The maximum absolute atomic E-state index is 8.81. The molecule has 0 aliphatic heterocycles. The summed E-state index contributed by atoms with van der Waals surface area (Å²) in [5, 5.41) is 12.4. The van der Waals surface area contributed by atoms with Crippen LogP contribution in [0.4, 0.5) is 0 Å². The fourth-order valence-corrected chi connectivity index (χ4v) is 2.31. The summed E-state index contributed by atoms with van der Waals surface area (Å²) in [4.78, 5) is 0. The van der Waals surface area contributed by atoms with E-state index in [0.29, 0.717) is 12.1 Å². The van der Waals surface area contributed by atoms with Crippen molar-refractivity contribution in [3.05, 3.63) is 34.9 Å². The Morgan fingerprint density at radius 3 is 2.53 bits per heavy atom. The standard InChI is InChI=1S/C15H25NO/c1-11-7-8-15(12(2)10-11)14(4)16-13(3)6-5-9-17/h7-8,10,13-14,16-17H,5-6,9H2,1-4H3. The molecule has 0 aliphatic carbocycles. The minimum Gasteiger partial charge on any atom is -0.396 e. The Balaban J connectivity index is 2.60. The lowest BCUT2D eigenvalue weighted by molar-refractivity contribution is 0.274. The third-order valence-electron chi connectivity index (χ3n) is 3.22. The van der Waals surface area contributed by atoms with Crippen molar-refractivity contribution in [3.63, 3.8) is 0 Å². The van der Waals surface area contributed by atoms with Crippen molar-refractivity contribution >= 4 is 0 Å². The Labute approximate surface area is 105 Å². The molecule has 2 N–H and O–H groups in total. The molecule has 2 atom stereocenters. The minimum atomic E-state index is 0.282. The molecule has 2 heteroatoms. The Morgan fingerprint density at radius 2 is 1.94 bits per heavy atom. The van der Waals surface area contributed by atoms with E-state index in [9.17, 15) is 0 Å². The Morgan fingerprint density at radius 1 is 1.24 bits per heavy atom. The van der Waals surface area contributed by atoms with Gasteiger partial charge in [-0.1, -0.05) is 23.8 Å². The molecule has 0 aliphatic rings. The molecule has 1 rings (SSSR count). The third kappa shape index (κ3) is 4.49. The topological polar surface area (TPSA) is 32.3 Å². The van der Waals surface area contributed by atoms with Gasteiger partial charge < -0.3 is 10.4 Å². The monoisotopic (exact) mass is 235 g/mol. The molecule has 17 heavy (non-hydrogen) atoms. The van der Waals surface area contributed by atoms with Gasteiger partial charge in [0.1, 0.15) is 0 Å². The third-order valence-corrected chi connectivity index (χ3v) is 3.22. The van der Waals surface area contributed by atoms with Gasteiger partial charge in [-0.2, -0.15) is 0 Å². The SMILES string of the molecule is Cc1ccc(C(C)NC(C)CCCO)c(C)c1. The van der Waals surface area contributed by atoms with Gasteiger partial charge in [-0.25, -0.2) is 0 Å². The number of rotatable bonds is 6. The average Bonchev–Trinajstić information content (AvgIpc) is 2.26. The molecular formula is C15H25NO. The summed E-state index contributed by atoms with van der Waals surface area (Å²) in [6, 6.07) is 7.41. The van der Waals surface area contributed by atoms with Gasteiger partial charge in [-0.15, -0.1) is 0 Å². The zero-order chi connectivity index (χ0) is 12.8. The van der Waals surface area contributed by atoms with E-state index in [0.717, 1.165) is 12.8 Å². The van der Waals surface area contributed by atoms with Crippen molar-refractivity contribution in [1.29, 1.82) is 0 Å². The molecule has 0 spiro atoms. The molecule has 0 radical (unpaired) electrons. The highest BCUT2D eigenvalue weighted by molar-refractivity contribution is 5.32. The van der Waals surface area contributed by atoms with Crippen molar-refractivity contribution < 1.29 is 5.11 Å². The summed E-state index contributed by atoms with van der Waals surface area (Å²) in [6.45, 7) is 8.95. The van der Waals surface area contributed by atoms with Crippen LogP contribution >= 0.6 is 0 Å². The Kier molecular flexibility index (Phi) is 5.66. The second kappa shape index (κ2) is 6.77. The summed E-state index contributed by atoms with van der Waals surface area (Å²) in [5.74, 6) is 0. The van der Waals surface area contributed by atoms with Gasteiger partial charge in [0, 0.05) is 18.7 Å². The summed E-state index contributed by atoms with van der Waals surface area (Å²) < 4.78 is 0. The first-order valence-corrected chi connectivity index (χ1v) is 6.48. The van der Waals surface area contributed by atoms with Gasteiger partial charge in [0.2, 0.25) is 0 Å². The summed E-state index contributed by atoms with van der Waals surface area (Å²) in [7, 11) is 0. The van der Waals surface area contributed by atoms with E-state index < -0.39 is 0 Å². The van der Waals surface area contributed by atoms with Gasteiger partial charge in [0.05, 0.1) is 0 Å². The summed E-state index contributed by atoms with van der Waals surface area (Å²) in [6.07, 6.45) is 1.89. The van der Waals surface area contributed by atoms with E-state index >= 15 is 0 Å². The van der Waals surface area contributed by atoms with E-state index in [1.807, 2.05) is 0 Å². The quantitative estimate of drug-likeness (QED) is 0.794. The fraction of sp³-hybridized carbons (Fsp3) is 0.600. The zero-order valence-corrected chi connectivity index (χ0v) is 11.5. The highest BCUT2D eigenvalue weighted by Crippen LogP contribution is 2.19. The van der Waals surface area contributed by atoms with E-state index in [2.05, 4.69) is 51.2 Å². The lowest BCUT2D eigenvalue weighted by atomic mass is 9.99. The maximum Gasteiger partial charge on any atom is 0.0431 e. The Hall–Kier alpha value is -0.860. The molecule has 0 amide bonds. The summed E-state index contributed by atoms with van der Waals surface area (Å²) in [5.41, 5.74) is 4.03. The number of aliphatic hydroxyl groups is 1. The number of aliphatic hydroxyl groups excluding tert-OH is 1. The van der Waals surface area contributed by atoms with Crippen LogP contribution in [0.3, 0.4) is 0 Å². The van der Waals surface area contributed by atoms with Crippen LogP contribution in [0, 0.1) is 13.8 Å². The lowest BCUT2D eigenvalue weighted by Crippen LogP contribution is -2.29. The molecule has 96 valence electrons. The van der Waals surface area contributed by atoms with Crippen LogP contribution in [-0.4, -0.2) is 17.8 Å². The minimum absolute atomic E-state index is 0.282. The molecule has 0 fully saturated rings. The molecule has 1 aromatic rings. The molecule has 0 heterocycles. The van der Waals surface area contributed by atoms with Gasteiger partial charge in [0.25, 0.3) is 0 Å². The maximum atomic E-state index is 8.81. The van der Waals surface area contributed by atoms with Crippen molar-refractivity contribution in [3.8, 4) is 0 Å². The van der Waals surface area contributed by atoms with Gasteiger partial charge in [-0.05, 0) is 51.7 Å². The average molecular weight is 235 g/mol. The highest BCUT2D eigenvalue weighted by Gasteiger charge is 2.11. The fourth-order valence-electron chi connectivity index (χ4n) is 2.31. The first kappa shape index (κ1) is 14.2. The largest absolute Gasteiger partial charge is 0.396 e. The lowest BCUT2D eigenvalue weighted by Gasteiger charge is -2.22. The molecular weight excluding hydrogens is 210 g/mol. The van der Waals surface area contributed by atoms with Crippen LogP contribution in [0.1, 0.15) is 49.4 Å². The second-order valence-electron chi connectivity index (χ2n) is 5.02. The number of hydrogen-bond donors (Lipinski definition) is 2. The van der Waals surface area contributed by atoms with Gasteiger partial charge >= 0.3 is 0 Å². The predicted octanol–water partition coefficient (Wildman–Crippen LogP) is 3.12. The van der Waals surface area contributed by atoms with Crippen molar-refractivity contribution in [2.24, 2.45) is 0 Å². The normalized spacial score (nSPS) is 14.6. The van der Waals surface area contributed by atoms with E-state index in [1.54, 1.807) is 0 Å². The van der Waals surface area contributed by atoms with Crippen molar-refractivity contribution in [2.45, 2.75) is 52.6 Å². The van der Waals surface area contributed by atoms with Crippen LogP contribution in [0.25, 0.3) is 0 Å². The molecule has 0 saturated carbocycles. The van der Waals surface area contributed by atoms with Crippen LogP contribution in [0.5, 0.6) is 0 Å². The first-order chi connectivity index (χ1) is 8.04. The predicted molar refractivity (Wildman–Crippen MR) is 73.2 cm³/mol. The summed E-state index contributed by atoms with van der Waals surface area (Å²) >= 11 is 0. The number of hydrogen-bond acceptors (Lipinski definition) is 2. The smallest absolute Gasteiger partial charge is 0.0431 e. The number of benzene rings is 1. The molecule has 0 aromatic heterocycles. The molecule has 0 saturated heterocycles. The van der Waals surface area contributed by atoms with E-state index in [4.69, 9.17) is 5.11 Å². The Bertz CT molecular complexity index is 349. The first-order valence-electron chi connectivity index (χ1n) is 6.48. The van der Waals surface area contributed by atoms with Gasteiger partial charge in [-0.3, -0.25) is 0 Å². The van der Waals surface area contributed by atoms with Gasteiger partial charge in [0.15, 0.2) is 0 Å². The highest BCUT2D eigenvalue weighted by atomic mass is 16.2. The van der Waals surface area contributed by atoms with E-state index in [-0.39, 0.29) is 6.61 Å². The number of aryl methyl sites for hydroxylation is 2. The van der Waals surface area contributed by atoms with Crippen LogP contribution in [0.15, 0.2) is 18.2 Å². The van der Waals surface area contributed by atoms with Crippen LogP contribution in [-0.2, 0) is 0 Å². The molecule has 2 nitrogen and oxygen atoms in total. The molecule has 1 aromatic carbocycles. The van der Waals surface area contributed by atoms with Crippen LogP contribution in [0.2, 0.25) is 0 Å².